The predicted octanol–water partition coefficient (Wildman–Crippen LogP) is -0.369. The minimum atomic E-state index is -0.887. The van der Waals surface area contributed by atoms with Crippen LogP contribution in [-0.2, 0) is 27.4 Å². The van der Waals surface area contributed by atoms with Crippen molar-refractivity contribution in [2.24, 2.45) is 0 Å². The van der Waals surface area contributed by atoms with Gasteiger partial charge >= 0.3 is 11.7 Å². The molecular weight excluding hydrogens is 352 g/mol. The van der Waals surface area contributed by atoms with Crippen molar-refractivity contribution in [1.82, 2.24) is 14.5 Å². The second-order valence-corrected chi connectivity index (χ2v) is 5.55. The molecule has 1 N–H and O–H groups in total. The minimum Gasteiger partial charge on any atom is -0.454 e. The highest BCUT2D eigenvalue weighted by atomic mass is 16.5. The maximum absolute atomic E-state index is 12.5. The van der Waals surface area contributed by atoms with Crippen molar-refractivity contribution in [2.45, 2.75) is 19.5 Å². The molecule has 0 bridgehead atoms. The van der Waals surface area contributed by atoms with E-state index in [-0.39, 0.29) is 19.5 Å². The molecule has 140 valence electrons. The SMILES string of the molecule is N#CCCNC(=O)COC(=O)Cn1c(=O)ccn(Cc2ccccc2)c1=O. The Kier molecular flexibility index (Phi) is 7.07. The van der Waals surface area contributed by atoms with Gasteiger partial charge < -0.3 is 10.1 Å². The van der Waals surface area contributed by atoms with Gasteiger partial charge in [0.25, 0.3) is 11.5 Å². The number of hydrogen-bond donors (Lipinski definition) is 1. The van der Waals surface area contributed by atoms with Crippen LogP contribution < -0.4 is 16.6 Å². The zero-order valence-corrected chi connectivity index (χ0v) is 14.5. The van der Waals surface area contributed by atoms with Crippen LogP contribution in [0.1, 0.15) is 12.0 Å². The fourth-order valence-electron chi connectivity index (χ4n) is 2.23. The summed E-state index contributed by atoms with van der Waals surface area (Å²) in [7, 11) is 0. The average molecular weight is 370 g/mol. The summed E-state index contributed by atoms with van der Waals surface area (Å²) in [5.74, 6) is -1.46. The average Bonchev–Trinajstić information content (AvgIpc) is 2.67. The summed E-state index contributed by atoms with van der Waals surface area (Å²) in [6, 6.07) is 12.2. The third kappa shape index (κ3) is 5.97. The first kappa shape index (κ1) is 19.7. The van der Waals surface area contributed by atoms with Crippen molar-refractivity contribution in [1.29, 1.82) is 5.26 Å². The molecule has 27 heavy (non-hydrogen) atoms. The Morgan fingerprint density at radius 1 is 1.15 bits per heavy atom. The highest BCUT2D eigenvalue weighted by molar-refractivity contribution is 5.80. The van der Waals surface area contributed by atoms with E-state index < -0.39 is 36.3 Å². The maximum Gasteiger partial charge on any atom is 0.331 e. The molecule has 0 aliphatic carbocycles. The van der Waals surface area contributed by atoms with E-state index in [9.17, 15) is 19.2 Å². The Labute approximate surface area is 154 Å². The lowest BCUT2D eigenvalue weighted by molar-refractivity contribution is -0.149. The zero-order valence-electron chi connectivity index (χ0n) is 14.5. The van der Waals surface area contributed by atoms with Gasteiger partial charge in [0.05, 0.1) is 19.0 Å². The summed E-state index contributed by atoms with van der Waals surface area (Å²) in [6.07, 6.45) is 1.50. The van der Waals surface area contributed by atoms with Gasteiger partial charge in [0, 0.05) is 18.8 Å². The third-order valence-corrected chi connectivity index (χ3v) is 3.55. The molecule has 2 rings (SSSR count). The first-order valence-electron chi connectivity index (χ1n) is 8.14. The highest BCUT2D eigenvalue weighted by Gasteiger charge is 2.13. The summed E-state index contributed by atoms with van der Waals surface area (Å²) < 4.78 is 6.82. The largest absolute Gasteiger partial charge is 0.454 e. The number of carbonyl (C=O) groups excluding carboxylic acids is 2. The maximum atomic E-state index is 12.5. The van der Waals surface area contributed by atoms with Crippen LogP contribution in [0.5, 0.6) is 0 Å². The van der Waals surface area contributed by atoms with Crippen molar-refractivity contribution in [3.63, 3.8) is 0 Å². The van der Waals surface area contributed by atoms with Gasteiger partial charge in [-0.25, -0.2) is 9.36 Å². The molecule has 2 aromatic rings. The molecule has 9 nitrogen and oxygen atoms in total. The highest BCUT2D eigenvalue weighted by Crippen LogP contribution is 1.99. The molecule has 0 spiro atoms. The standard InChI is InChI=1S/C18H18N4O5/c19-8-4-9-20-15(23)13-27-17(25)12-22-16(24)7-10-21(18(22)26)11-14-5-2-1-3-6-14/h1-3,5-7,10H,4,9,11-13H2,(H,20,23). The van der Waals surface area contributed by atoms with Crippen LogP contribution >= 0.6 is 0 Å². The number of nitrogens with zero attached hydrogens (tertiary/aromatic N) is 3. The fourth-order valence-corrected chi connectivity index (χ4v) is 2.23. The van der Waals surface area contributed by atoms with Gasteiger partial charge in [-0.2, -0.15) is 5.26 Å². The van der Waals surface area contributed by atoms with E-state index in [0.717, 1.165) is 10.1 Å². The summed E-state index contributed by atoms with van der Waals surface area (Å²) in [4.78, 5) is 47.7. The lowest BCUT2D eigenvalue weighted by Crippen LogP contribution is -2.41. The van der Waals surface area contributed by atoms with E-state index >= 15 is 0 Å². The Morgan fingerprint density at radius 3 is 2.59 bits per heavy atom. The van der Waals surface area contributed by atoms with Crippen LogP contribution in [0.15, 0.2) is 52.2 Å². The Hall–Kier alpha value is -3.67. The van der Waals surface area contributed by atoms with Crippen molar-refractivity contribution in [2.75, 3.05) is 13.2 Å². The molecule has 0 saturated carbocycles. The van der Waals surface area contributed by atoms with Gasteiger partial charge in [-0.15, -0.1) is 0 Å². The molecule has 0 atom stereocenters. The van der Waals surface area contributed by atoms with Gasteiger partial charge in [0.15, 0.2) is 6.61 Å². The molecule has 1 aromatic heterocycles. The number of esters is 1. The van der Waals surface area contributed by atoms with Crippen molar-refractivity contribution < 1.29 is 14.3 Å². The van der Waals surface area contributed by atoms with Crippen molar-refractivity contribution in [3.05, 3.63) is 69.0 Å². The molecule has 0 saturated heterocycles. The number of rotatable bonds is 8. The Balaban J connectivity index is 2.01. The van der Waals surface area contributed by atoms with E-state index in [1.807, 2.05) is 36.4 Å². The number of nitriles is 1. The monoisotopic (exact) mass is 370 g/mol. The van der Waals surface area contributed by atoms with Crippen molar-refractivity contribution in [3.8, 4) is 6.07 Å². The van der Waals surface area contributed by atoms with Gasteiger partial charge in [0.1, 0.15) is 6.54 Å². The third-order valence-electron chi connectivity index (χ3n) is 3.55. The molecule has 9 heteroatoms. The number of hydrogen-bond acceptors (Lipinski definition) is 6. The van der Waals surface area contributed by atoms with E-state index in [1.54, 1.807) is 0 Å². The number of benzene rings is 1. The van der Waals surface area contributed by atoms with Gasteiger partial charge in [0.2, 0.25) is 0 Å². The van der Waals surface area contributed by atoms with Gasteiger partial charge in [-0.1, -0.05) is 30.3 Å². The van der Waals surface area contributed by atoms with Crippen LogP contribution in [-0.4, -0.2) is 34.2 Å². The first-order valence-corrected chi connectivity index (χ1v) is 8.14. The molecular formula is C18H18N4O5. The molecule has 1 aromatic carbocycles. The normalized spacial score (nSPS) is 10.0. The number of ether oxygens (including phenoxy) is 1. The molecule has 1 amide bonds. The molecule has 0 aliphatic heterocycles. The smallest absolute Gasteiger partial charge is 0.331 e. The lowest BCUT2D eigenvalue weighted by Gasteiger charge is -2.10. The fraction of sp³-hybridized carbons (Fsp3) is 0.278. The summed E-state index contributed by atoms with van der Waals surface area (Å²) in [5, 5.41) is 10.8. The number of amides is 1. The van der Waals surface area contributed by atoms with Gasteiger partial charge in [-0.05, 0) is 5.56 Å². The van der Waals surface area contributed by atoms with Gasteiger partial charge in [-0.3, -0.25) is 19.0 Å². The van der Waals surface area contributed by atoms with Crippen LogP contribution in [0.4, 0.5) is 0 Å². The van der Waals surface area contributed by atoms with Crippen LogP contribution in [0.25, 0.3) is 0 Å². The van der Waals surface area contributed by atoms with Crippen LogP contribution in [0.3, 0.4) is 0 Å². The van der Waals surface area contributed by atoms with Crippen LogP contribution in [0.2, 0.25) is 0 Å². The molecule has 0 radical (unpaired) electrons. The number of carbonyl (C=O) groups is 2. The minimum absolute atomic E-state index is 0.139. The second-order valence-electron chi connectivity index (χ2n) is 5.55. The van der Waals surface area contributed by atoms with Crippen molar-refractivity contribution >= 4 is 11.9 Å². The van der Waals surface area contributed by atoms with E-state index in [2.05, 4.69) is 5.32 Å². The topological polar surface area (TPSA) is 123 Å². The summed E-state index contributed by atoms with van der Waals surface area (Å²) in [5.41, 5.74) is -0.428. The van der Waals surface area contributed by atoms with E-state index in [1.165, 1.54) is 16.8 Å². The number of aromatic nitrogens is 2. The molecule has 0 aliphatic rings. The van der Waals surface area contributed by atoms with E-state index in [4.69, 9.17) is 10.00 Å². The quantitative estimate of drug-likeness (QED) is 0.500. The Bertz CT molecular complexity index is 956. The summed E-state index contributed by atoms with van der Waals surface area (Å²) >= 11 is 0. The lowest BCUT2D eigenvalue weighted by atomic mass is 10.2. The number of nitrogens with one attached hydrogen (secondary N) is 1. The first-order chi connectivity index (χ1) is 13.0. The second kappa shape index (κ2) is 9.72. The van der Waals surface area contributed by atoms with Crippen LogP contribution in [0, 0.1) is 11.3 Å². The predicted molar refractivity (Wildman–Crippen MR) is 94.7 cm³/mol. The molecule has 0 unspecified atom stereocenters. The Morgan fingerprint density at radius 2 is 1.89 bits per heavy atom. The van der Waals surface area contributed by atoms with E-state index in [0.29, 0.717) is 0 Å². The zero-order chi connectivity index (χ0) is 19.6. The summed E-state index contributed by atoms with van der Waals surface area (Å²) in [6.45, 7) is -0.756. The molecule has 0 fully saturated rings. The molecule has 1 heterocycles.